The summed E-state index contributed by atoms with van der Waals surface area (Å²) in [4.78, 5) is 0.827. The van der Waals surface area contributed by atoms with E-state index < -0.39 is 19.4 Å². The smallest absolute Gasteiger partial charge is 0.160 e. The molecule has 0 aromatic heterocycles. The van der Waals surface area contributed by atoms with Gasteiger partial charge in [-0.3, -0.25) is 0 Å². The summed E-state index contributed by atoms with van der Waals surface area (Å²) in [6.07, 6.45) is 2.55. The van der Waals surface area contributed by atoms with Crippen LogP contribution >= 0.6 is 23.3 Å². The lowest BCUT2D eigenvalue weighted by Crippen LogP contribution is -2.22. The molecule has 2 rings (SSSR count). The second kappa shape index (κ2) is 4.80. The highest BCUT2D eigenvalue weighted by Gasteiger charge is 2.57. The average Bonchev–Trinajstić information content (AvgIpc) is 2.62. The lowest BCUT2D eigenvalue weighted by Gasteiger charge is -2.40. The van der Waals surface area contributed by atoms with Crippen LogP contribution in [-0.2, 0) is 6.42 Å². The Balaban J connectivity index is 2.71. The lowest BCUT2D eigenvalue weighted by molar-refractivity contribution is -0.0358. The monoisotopic (exact) mass is 366 g/mol. The fourth-order valence-electron chi connectivity index (χ4n) is 2.42. The first-order valence-electron chi connectivity index (χ1n) is 6.46. The Hall–Kier alpha value is -0.420. The van der Waals surface area contributed by atoms with Crippen molar-refractivity contribution in [2.45, 2.75) is 44.5 Å². The molecule has 0 amide bonds. The highest BCUT2D eigenvalue weighted by Crippen LogP contribution is 2.83. The molecule has 112 valence electrons. The zero-order valence-corrected chi connectivity index (χ0v) is 14.3. The molecule has 0 bridgehead atoms. The van der Waals surface area contributed by atoms with E-state index in [9.17, 15) is 13.2 Å². The Bertz CT molecular complexity index is 569. The standard InChI is InChI=1S/C15H18BrF3S/c1-5-10-6-7-12-11(8-10)9-13(14(2,3)4)20(12,16)15(17,18)19/h6-9H,5H2,1-4H3. The summed E-state index contributed by atoms with van der Waals surface area (Å²) in [6, 6.07) is 5.32. The van der Waals surface area contributed by atoms with E-state index in [1.165, 1.54) is 0 Å². The fourth-order valence-corrected chi connectivity index (χ4v) is 7.60. The predicted octanol–water partition coefficient (Wildman–Crippen LogP) is 6.64. The number of rotatable bonds is 1. The minimum absolute atomic E-state index is 0.382. The molecule has 1 aliphatic heterocycles. The maximum atomic E-state index is 13.7. The van der Waals surface area contributed by atoms with Crippen molar-refractivity contribution in [3.05, 3.63) is 34.2 Å². The molecule has 1 aromatic carbocycles. The van der Waals surface area contributed by atoms with Gasteiger partial charge in [-0.2, -0.15) is 13.2 Å². The average molecular weight is 367 g/mol. The molecule has 1 unspecified atom stereocenters. The van der Waals surface area contributed by atoms with Crippen LogP contribution in [0, 0.1) is 5.41 Å². The lowest BCUT2D eigenvalue weighted by atomic mass is 9.94. The Kier molecular flexibility index (Phi) is 3.83. The maximum absolute atomic E-state index is 13.7. The van der Waals surface area contributed by atoms with Gasteiger partial charge in [-0.15, -0.1) is 0 Å². The van der Waals surface area contributed by atoms with E-state index >= 15 is 0 Å². The molecule has 0 spiro atoms. The molecule has 0 radical (unpaired) electrons. The maximum Gasteiger partial charge on any atom is 0.442 e. The van der Waals surface area contributed by atoms with Crippen LogP contribution in [0.3, 0.4) is 0 Å². The summed E-state index contributed by atoms with van der Waals surface area (Å²) < 4.78 is 41.2. The number of fused-ring (bicyclic) bond motifs is 1. The van der Waals surface area contributed by atoms with Gasteiger partial charge in [0.15, 0.2) is 0 Å². The zero-order chi connectivity index (χ0) is 15.3. The van der Waals surface area contributed by atoms with Crippen LogP contribution in [0.5, 0.6) is 0 Å². The SMILES string of the molecule is CCc1ccc2c(c1)C=C(C(C)(C)C)S2(Br)C(F)(F)F. The van der Waals surface area contributed by atoms with Gasteiger partial charge in [0, 0.05) is 4.90 Å². The first kappa shape index (κ1) is 16.0. The highest BCUT2D eigenvalue weighted by atomic mass is 79.9. The van der Waals surface area contributed by atoms with Crippen molar-refractivity contribution in [2.24, 2.45) is 5.41 Å². The van der Waals surface area contributed by atoms with Gasteiger partial charge in [-0.05, 0) is 63.3 Å². The van der Waals surface area contributed by atoms with Gasteiger partial charge < -0.3 is 0 Å². The number of benzene rings is 1. The van der Waals surface area contributed by atoms with Crippen LogP contribution in [0.4, 0.5) is 13.2 Å². The first-order chi connectivity index (χ1) is 9.01. The number of allylic oxidation sites excluding steroid dienone is 1. The third-order valence-electron chi connectivity index (χ3n) is 3.43. The molecule has 20 heavy (non-hydrogen) atoms. The zero-order valence-electron chi connectivity index (χ0n) is 11.9. The minimum Gasteiger partial charge on any atom is -0.160 e. The van der Waals surface area contributed by atoms with E-state index in [1.54, 1.807) is 18.2 Å². The van der Waals surface area contributed by atoms with Crippen LogP contribution < -0.4 is 0 Å². The highest BCUT2D eigenvalue weighted by molar-refractivity contribution is 9.59. The van der Waals surface area contributed by atoms with Crippen molar-refractivity contribution in [3.63, 3.8) is 0 Å². The molecule has 0 N–H and O–H groups in total. The van der Waals surface area contributed by atoms with Crippen molar-refractivity contribution >= 4 is 29.4 Å². The molecule has 1 heterocycles. The number of alkyl halides is 3. The predicted molar refractivity (Wildman–Crippen MR) is 84.1 cm³/mol. The second-order valence-corrected chi connectivity index (χ2v) is 11.3. The Morgan fingerprint density at radius 3 is 2.20 bits per heavy atom. The fraction of sp³-hybridized carbons (Fsp3) is 0.467. The third-order valence-corrected chi connectivity index (χ3v) is 9.58. The molecule has 0 fully saturated rings. The van der Waals surface area contributed by atoms with Gasteiger partial charge in [0.25, 0.3) is 0 Å². The van der Waals surface area contributed by atoms with Crippen molar-refractivity contribution in [1.82, 2.24) is 0 Å². The largest absolute Gasteiger partial charge is 0.442 e. The summed E-state index contributed by atoms with van der Waals surface area (Å²) in [6.45, 7) is 7.50. The van der Waals surface area contributed by atoms with Gasteiger partial charge in [0.05, 0.1) is 0 Å². The van der Waals surface area contributed by atoms with Crippen molar-refractivity contribution in [3.8, 4) is 0 Å². The Labute approximate surface area is 127 Å². The molecule has 0 nitrogen and oxygen atoms in total. The minimum atomic E-state index is -4.29. The van der Waals surface area contributed by atoms with Gasteiger partial charge in [-0.1, -0.05) is 39.8 Å². The number of hydrogen-bond acceptors (Lipinski definition) is 0. The second-order valence-electron chi connectivity index (χ2n) is 5.97. The summed E-state index contributed by atoms with van der Waals surface area (Å²) >= 11 is 3.10. The molecule has 1 atom stereocenters. The Morgan fingerprint density at radius 1 is 1.15 bits per heavy atom. The van der Waals surface area contributed by atoms with Crippen molar-refractivity contribution in [1.29, 1.82) is 0 Å². The van der Waals surface area contributed by atoms with E-state index in [4.69, 9.17) is 0 Å². The molecular weight excluding hydrogens is 349 g/mol. The quantitative estimate of drug-likeness (QED) is 0.522. The van der Waals surface area contributed by atoms with Gasteiger partial charge in [0.2, 0.25) is 0 Å². The van der Waals surface area contributed by atoms with Gasteiger partial charge in [-0.25, -0.2) is 0 Å². The number of aryl methyl sites for hydroxylation is 1. The normalized spacial score (nSPS) is 25.9. The summed E-state index contributed by atoms with van der Waals surface area (Å²) in [7, 11) is -3.13. The van der Waals surface area contributed by atoms with Crippen molar-refractivity contribution in [2.75, 3.05) is 0 Å². The molecule has 0 saturated carbocycles. The van der Waals surface area contributed by atoms with E-state index in [0.717, 1.165) is 12.0 Å². The van der Waals surface area contributed by atoms with E-state index in [2.05, 4.69) is 14.8 Å². The van der Waals surface area contributed by atoms with Gasteiger partial charge in [0.1, 0.15) is 0 Å². The molecule has 1 aromatic rings. The topological polar surface area (TPSA) is 0 Å². The van der Waals surface area contributed by atoms with E-state index in [0.29, 0.717) is 15.4 Å². The summed E-state index contributed by atoms with van der Waals surface area (Å²) in [5.74, 6) is 0. The van der Waals surface area contributed by atoms with E-state index in [-0.39, 0.29) is 0 Å². The first-order valence-corrected chi connectivity index (χ1v) is 9.94. The summed E-state index contributed by atoms with van der Waals surface area (Å²) in [5.41, 5.74) is -3.05. The molecule has 0 aliphatic carbocycles. The third kappa shape index (κ3) is 2.33. The number of halogens is 4. The molecule has 0 saturated heterocycles. The Morgan fingerprint density at radius 2 is 1.75 bits per heavy atom. The molecular formula is C15H18BrF3S. The van der Waals surface area contributed by atoms with Crippen LogP contribution in [0.1, 0.15) is 38.8 Å². The van der Waals surface area contributed by atoms with Crippen LogP contribution in [0.15, 0.2) is 28.0 Å². The van der Waals surface area contributed by atoms with Crippen molar-refractivity contribution < 1.29 is 13.2 Å². The molecule has 5 heteroatoms. The van der Waals surface area contributed by atoms with Crippen LogP contribution in [-0.4, -0.2) is 5.51 Å². The molecule has 1 aliphatic rings. The van der Waals surface area contributed by atoms with Crippen LogP contribution in [0.2, 0.25) is 0 Å². The van der Waals surface area contributed by atoms with E-state index in [1.807, 2.05) is 33.8 Å². The summed E-state index contributed by atoms with van der Waals surface area (Å²) in [5, 5.41) is 0. The van der Waals surface area contributed by atoms with Crippen LogP contribution in [0.25, 0.3) is 6.08 Å². The number of hydrogen-bond donors (Lipinski definition) is 0. The van der Waals surface area contributed by atoms with Gasteiger partial charge >= 0.3 is 5.51 Å².